The molecule has 0 bridgehead atoms. The SMILES string of the molecule is CN(C)C(=O)c1ccc(Cl)c(NCc2sccc2Br)c1. The zero-order valence-electron chi connectivity index (χ0n) is 11.1. The minimum Gasteiger partial charge on any atom is -0.379 e. The predicted molar refractivity (Wildman–Crippen MR) is 88.8 cm³/mol. The highest BCUT2D eigenvalue weighted by atomic mass is 79.9. The fourth-order valence-electron chi connectivity index (χ4n) is 1.68. The number of benzene rings is 1. The van der Waals surface area contributed by atoms with E-state index in [9.17, 15) is 4.79 Å². The van der Waals surface area contributed by atoms with Crippen LogP contribution in [-0.2, 0) is 6.54 Å². The molecule has 1 heterocycles. The Labute approximate surface area is 135 Å². The van der Waals surface area contributed by atoms with E-state index < -0.39 is 0 Å². The molecule has 0 aliphatic carbocycles. The summed E-state index contributed by atoms with van der Waals surface area (Å²) in [6.07, 6.45) is 0. The second-order valence-electron chi connectivity index (χ2n) is 4.44. The lowest BCUT2D eigenvalue weighted by atomic mass is 10.2. The molecule has 0 radical (unpaired) electrons. The van der Waals surface area contributed by atoms with Crippen molar-refractivity contribution in [2.75, 3.05) is 19.4 Å². The highest BCUT2D eigenvalue weighted by molar-refractivity contribution is 9.10. The number of nitrogens with one attached hydrogen (secondary N) is 1. The van der Waals surface area contributed by atoms with E-state index in [2.05, 4.69) is 21.2 Å². The average molecular weight is 374 g/mol. The van der Waals surface area contributed by atoms with Crippen molar-refractivity contribution in [3.05, 3.63) is 49.6 Å². The molecule has 20 heavy (non-hydrogen) atoms. The molecule has 0 saturated heterocycles. The lowest BCUT2D eigenvalue weighted by molar-refractivity contribution is 0.0827. The number of anilines is 1. The summed E-state index contributed by atoms with van der Waals surface area (Å²) in [4.78, 5) is 14.7. The fourth-order valence-corrected chi connectivity index (χ4v) is 3.30. The number of nitrogens with zero attached hydrogens (tertiary/aromatic N) is 1. The lowest BCUT2D eigenvalue weighted by Crippen LogP contribution is -2.21. The Hall–Kier alpha value is -1.04. The van der Waals surface area contributed by atoms with Gasteiger partial charge in [-0.05, 0) is 45.6 Å². The van der Waals surface area contributed by atoms with Crippen molar-refractivity contribution in [1.82, 2.24) is 4.90 Å². The molecule has 0 fully saturated rings. The van der Waals surface area contributed by atoms with Crippen LogP contribution in [-0.4, -0.2) is 24.9 Å². The Morgan fingerprint density at radius 3 is 2.75 bits per heavy atom. The zero-order chi connectivity index (χ0) is 14.7. The van der Waals surface area contributed by atoms with Crippen molar-refractivity contribution in [2.24, 2.45) is 0 Å². The van der Waals surface area contributed by atoms with E-state index in [1.807, 2.05) is 11.4 Å². The second-order valence-corrected chi connectivity index (χ2v) is 6.70. The Balaban J connectivity index is 2.17. The molecule has 0 aliphatic rings. The van der Waals surface area contributed by atoms with Crippen LogP contribution in [0.1, 0.15) is 15.2 Å². The number of hydrogen-bond donors (Lipinski definition) is 1. The molecule has 6 heteroatoms. The molecule has 0 atom stereocenters. The van der Waals surface area contributed by atoms with E-state index in [0.29, 0.717) is 17.1 Å². The predicted octanol–water partition coefficient (Wildman–Crippen LogP) is 4.48. The first kappa shape index (κ1) is 15.4. The van der Waals surface area contributed by atoms with E-state index in [1.54, 1.807) is 48.5 Å². The van der Waals surface area contributed by atoms with Crippen molar-refractivity contribution in [3.8, 4) is 0 Å². The van der Waals surface area contributed by atoms with Crippen molar-refractivity contribution < 1.29 is 4.79 Å². The molecule has 1 aromatic heterocycles. The third-order valence-electron chi connectivity index (χ3n) is 2.75. The van der Waals surface area contributed by atoms with Crippen LogP contribution in [0.5, 0.6) is 0 Å². The topological polar surface area (TPSA) is 32.3 Å². The molecule has 1 amide bonds. The van der Waals surface area contributed by atoms with Gasteiger partial charge in [0, 0.05) is 29.0 Å². The number of rotatable bonds is 4. The van der Waals surface area contributed by atoms with Gasteiger partial charge < -0.3 is 10.2 Å². The standard InChI is InChI=1S/C14H14BrClN2OS/c1-18(2)14(19)9-3-4-11(16)12(7-9)17-8-13-10(15)5-6-20-13/h3-7,17H,8H2,1-2H3. The molecule has 3 nitrogen and oxygen atoms in total. The minimum atomic E-state index is -0.0398. The fraction of sp³-hybridized carbons (Fsp3) is 0.214. The normalized spacial score (nSPS) is 10.4. The monoisotopic (exact) mass is 372 g/mol. The van der Waals surface area contributed by atoms with Crippen LogP contribution in [0.15, 0.2) is 34.1 Å². The van der Waals surface area contributed by atoms with Gasteiger partial charge in [-0.3, -0.25) is 4.79 Å². The maximum Gasteiger partial charge on any atom is 0.253 e. The van der Waals surface area contributed by atoms with Gasteiger partial charge in [0.05, 0.1) is 17.3 Å². The molecule has 0 aliphatic heterocycles. The molecule has 1 N–H and O–H groups in total. The Kier molecular flexibility index (Phi) is 5.07. The van der Waals surface area contributed by atoms with E-state index in [1.165, 1.54) is 4.88 Å². The van der Waals surface area contributed by atoms with Gasteiger partial charge in [0.1, 0.15) is 0 Å². The number of carbonyl (C=O) groups excluding carboxylic acids is 1. The molecule has 0 unspecified atom stereocenters. The quantitative estimate of drug-likeness (QED) is 0.857. The molecular formula is C14H14BrClN2OS. The van der Waals surface area contributed by atoms with Crippen LogP contribution in [0.2, 0.25) is 5.02 Å². The smallest absolute Gasteiger partial charge is 0.253 e. The van der Waals surface area contributed by atoms with Crippen LogP contribution < -0.4 is 5.32 Å². The largest absolute Gasteiger partial charge is 0.379 e. The summed E-state index contributed by atoms with van der Waals surface area (Å²) < 4.78 is 1.08. The van der Waals surface area contributed by atoms with Gasteiger partial charge in [0.2, 0.25) is 0 Å². The third kappa shape index (κ3) is 3.53. The maximum atomic E-state index is 11.9. The Morgan fingerprint density at radius 2 is 2.15 bits per heavy atom. The van der Waals surface area contributed by atoms with Crippen molar-refractivity contribution in [1.29, 1.82) is 0 Å². The summed E-state index contributed by atoms with van der Waals surface area (Å²) in [5.41, 5.74) is 1.38. The second kappa shape index (κ2) is 6.61. The summed E-state index contributed by atoms with van der Waals surface area (Å²) in [6.45, 7) is 0.664. The van der Waals surface area contributed by atoms with Crippen LogP contribution in [0.3, 0.4) is 0 Å². The van der Waals surface area contributed by atoms with Gasteiger partial charge in [-0.1, -0.05) is 11.6 Å². The molecule has 1 aromatic carbocycles. The third-order valence-corrected chi connectivity index (χ3v) is 5.01. The Bertz CT molecular complexity index is 627. The summed E-state index contributed by atoms with van der Waals surface area (Å²) in [5, 5.41) is 5.90. The van der Waals surface area contributed by atoms with Gasteiger partial charge >= 0.3 is 0 Å². The number of carbonyl (C=O) groups is 1. The van der Waals surface area contributed by atoms with Crippen LogP contribution in [0.25, 0.3) is 0 Å². The van der Waals surface area contributed by atoms with Crippen molar-refractivity contribution >= 4 is 50.5 Å². The van der Waals surface area contributed by atoms with Gasteiger partial charge in [-0.15, -0.1) is 11.3 Å². The number of hydrogen-bond acceptors (Lipinski definition) is 3. The summed E-state index contributed by atoms with van der Waals surface area (Å²) in [6, 6.07) is 7.27. The summed E-state index contributed by atoms with van der Waals surface area (Å²) in [5.74, 6) is -0.0398. The first-order valence-electron chi connectivity index (χ1n) is 5.96. The van der Waals surface area contributed by atoms with Crippen molar-refractivity contribution in [2.45, 2.75) is 6.54 Å². The highest BCUT2D eigenvalue weighted by Crippen LogP contribution is 2.27. The molecular weight excluding hydrogens is 360 g/mol. The van der Waals surface area contributed by atoms with Gasteiger partial charge in [0.15, 0.2) is 0 Å². The lowest BCUT2D eigenvalue weighted by Gasteiger charge is -2.13. The van der Waals surface area contributed by atoms with Crippen LogP contribution in [0.4, 0.5) is 5.69 Å². The maximum absolute atomic E-state index is 11.9. The summed E-state index contributed by atoms with van der Waals surface area (Å²) >= 11 is 11.3. The first-order chi connectivity index (χ1) is 9.49. The number of amides is 1. The van der Waals surface area contributed by atoms with Gasteiger partial charge in [-0.25, -0.2) is 0 Å². The molecule has 2 rings (SSSR count). The first-order valence-corrected chi connectivity index (χ1v) is 8.01. The van der Waals surface area contributed by atoms with Crippen LogP contribution in [0, 0.1) is 0 Å². The van der Waals surface area contributed by atoms with Crippen molar-refractivity contribution in [3.63, 3.8) is 0 Å². The van der Waals surface area contributed by atoms with Crippen LogP contribution >= 0.6 is 38.9 Å². The Morgan fingerprint density at radius 1 is 1.40 bits per heavy atom. The molecule has 0 spiro atoms. The number of halogens is 2. The van der Waals surface area contributed by atoms with E-state index >= 15 is 0 Å². The number of thiophene rings is 1. The van der Waals surface area contributed by atoms with Gasteiger partial charge in [0.25, 0.3) is 5.91 Å². The average Bonchev–Trinajstić information content (AvgIpc) is 2.82. The van der Waals surface area contributed by atoms with E-state index in [0.717, 1.165) is 10.2 Å². The minimum absolute atomic E-state index is 0.0398. The molecule has 0 saturated carbocycles. The molecule has 106 valence electrons. The highest BCUT2D eigenvalue weighted by Gasteiger charge is 2.11. The summed E-state index contributed by atoms with van der Waals surface area (Å²) in [7, 11) is 3.46. The van der Waals surface area contributed by atoms with E-state index in [-0.39, 0.29) is 5.91 Å². The molecule has 2 aromatic rings. The van der Waals surface area contributed by atoms with Gasteiger partial charge in [-0.2, -0.15) is 0 Å². The van der Waals surface area contributed by atoms with E-state index in [4.69, 9.17) is 11.6 Å². The zero-order valence-corrected chi connectivity index (χ0v) is 14.3.